The number of unbranched alkanes of at least 4 members (excludes halogenated alkanes) is 1. The monoisotopic (exact) mass is 585 g/mol. The van der Waals surface area contributed by atoms with Crippen LogP contribution in [-0.4, -0.2) is 51.1 Å². The molecule has 0 aliphatic carbocycles. The Labute approximate surface area is 223 Å². The van der Waals surface area contributed by atoms with E-state index in [4.69, 9.17) is 16.8 Å². The van der Waals surface area contributed by atoms with Gasteiger partial charge in [-0.15, -0.1) is 11.3 Å². The van der Waals surface area contributed by atoms with Gasteiger partial charge in [0.05, 0.1) is 21.0 Å². The normalized spacial score (nSPS) is 18.8. The number of anilines is 1. The van der Waals surface area contributed by atoms with Crippen molar-refractivity contribution in [2.45, 2.75) is 24.3 Å². The summed E-state index contributed by atoms with van der Waals surface area (Å²) in [5.41, 5.74) is 0.403. The van der Waals surface area contributed by atoms with Crippen LogP contribution in [-0.2, 0) is 26.3 Å². The number of para-hydroxylation sites is 1. The van der Waals surface area contributed by atoms with Crippen molar-refractivity contribution in [2.75, 3.05) is 17.2 Å². The molecule has 3 N–H and O–H groups in total. The zero-order chi connectivity index (χ0) is 26.0. The van der Waals surface area contributed by atoms with Crippen LogP contribution in [0, 0.1) is 0 Å². The van der Waals surface area contributed by atoms with Crippen LogP contribution in [0.1, 0.15) is 12.8 Å². The first-order chi connectivity index (χ1) is 17.0. The van der Waals surface area contributed by atoms with Gasteiger partial charge in [0, 0.05) is 11.4 Å². The van der Waals surface area contributed by atoms with Crippen molar-refractivity contribution in [3.63, 3.8) is 0 Å². The SMILES string of the molecule is O=C(O)Cn1c(=O)/c(=C\C=C2\Sc3ccccc3N2CCCCS(=O)(=O)O)s/c1=C1/SC(=S)NC1=O. The largest absolute Gasteiger partial charge is 0.480 e. The van der Waals surface area contributed by atoms with E-state index in [2.05, 4.69) is 5.32 Å². The Kier molecular flexibility index (Phi) is 8.06. The summed E-state index contributed by atoms with van der Waals surface area (Å²) in [7, 11) is -4.03. The summed E-state index contributed by atoms with van der Waals surface area (Å²) in [6, 6.07) is 7.67. The number of carbonyl (C=O) groups excluding carboxylic acids is 1. The number of nitrogens with one attached hydrogen (secondary N) is 1. The molecule has 190 valence electrons. The molecular weight excluding hydrogens is 567 g/mol. The van der Waals surface area contributed by atoms with Gasteiger partial charge in [-0.25, -0.2) is 0 Å². The molecular formula is C21H19N3O7S5. The number of thiazole rings is 1. The highest BCUT2D eigenvalue weighted by Gasteiger charge is 2.27. The van der Waals surface area contributed by atoms with Crippen molar-refractivity contribution >= 4 is 90.1 Å². The number of benzene rings is 1. The van der Waals surface area contributed by atoms with Crippen LogP contribution in [0.2, 0.25) is 0 Å². The number of aromatic nitrogens is 1. The average molecular weight is 586 g/mol. The fourth-order valence-corrected chi connectivity index (χ4v) is 7.45. The second-order valence-electron chi connectivity index (χ2n) is 7.62. The van der Waals surface area contributed by atoms with Crippen molar-refractivity contribution in [1.29, 1.82) is 0 Å². The van der Waals surface area contributed by atoms with Gasteiger partial charge in [0.25, 0.3) is 21.6 Å². The summed E-state index contributed by atoms with van der Waals surface area (Å²) < 4.78 is 32.8. The van der Waals surface area contributed by atoms with Crippen molar-refractivity contribution < 1.29 is 27.7 Å². The van der Waals surface area contributed by atoms with Crippen molar-refractivity contribution in [2.24, 2.45) is 0 Å². The zero-order valence-electron chi connectivity index (χ0n) is 18.4. The van der Waals surface area contributed by atoms with E-state index in [-0.39, 0.29) is 30.6 Å². The minimum atomic E-state index is -4.03. The molecule has 0 saturated carbocycles. The number of allylic oxidation sites excluding steroid dienone is 1. The molecule has 0 unspecified atom stereocenters. The maximum absolute atomic E-state index is 13.0. The van der Waals surface area contributed by atoms with Gasteiger partial charge in [-0.2, -0.15) is 8.42 Å². The first kappa shape index (κ1) is 26.6. The molecule has 1 amide bonds. The molecule has 1 aromatic carbocycles. The first-order valence-corrected chi connectivity index (χ1v) is 14.9. The third kappa shape index (κ3) is 6.10. The predicted molar refractivity (Wildman–Crippen MR) is 145 cm³/mol. The van der Waals surface area contributed by atoms with Crippen LogP contribution in [0.3, 0.4) is 0 Å². The molecule has 1 aromatic heterocycles. The molecule has 1 saturated heterocycles. The molecule has 2 aliphatic heterocycles. The van der Waals surface area contributed by atoms with Gasteiger partial charge in [-0.1, -0.05) is 47.9 Å². The number of carbonyl (C=O) groups is 2. The van der Waals surface area contributed by atoms with E-state index in [0.717, 1.165) is 43.3 Å². The summed E-state index contributed by atoms with van der Waals surface area (Å²) in [4.78, 5) is 39.9. The van der Waals surface area contributed by atoms with Crippen molar-refractivity contribution in [3.8, 4) is 0 Å². The van der Waals surface area contributed by atoms with Crippen LogP contribution in [0.25, 0.3) is 11.0 Å². The molecule has 2 aliphatic rings. The number of amides is 1. The molecule has 0 bridgehead atoms. The summed E-state index contributed by atoms with van der Waals surface area (Å²) in [5, 5.41) is 12.6. The van der Waals surface area contributed by atoms with E-state index in [1.165, 1.54) is 11.8 Å². The fraction of sp³-hybridized carbons (Fsp3) is 0.238. The highest BCUT2D eigenvalue weighted by molar-refractivity contribution is 8.30. The summed E-state index contributed by atoms with van der Waals surface area (Å²) in [6.45, 7) is -0.108. The third-order valence-corrected chi connectivity index (χ3v) is 9.50. The number of thiocarbonyl (C=S) groups is 1. The highest BCUT2D eigenvalue weighted by atomic mass is 32.2. The molecule has 2 aromatic rings. The van der Waals surface area contributed by atoms with E-state index in [0.29, 0.717) is 13.0 Å². The second-order valence-corrected chi connectivity index (χ2v) is 13.0. The Balaban J connectivity index is 1.72. The fourth-order valence-electron chi connectivity index (χ4n) is 3.54. The number of nitrogens with zero attached hydrogens (tertiary/aromatic N) is 2. The van der Waals surface area contributed by atoms with E-state index in [1.54, 1.807) is 12.2 Å². The van der Waals surface area contributed by atoms with Gasteiger partial charge in [-0.3, -0.25) is 23.5 Å². The maximum atomic E-state index is 13.0. The number of thioether (sulfide) groups is 2. The lowest BCUT2D eigenvalue weighted by Gasteiger charge is -2.20. The van der Waals surface area contributed by atoms with Crippen LogP contribution in [0.15, 0.2) is 45.1 Å². The molecule has 36 heavy (non-hydrogen) atoms. The minimum absolute atomic E-state index is 0.179. The average Bonchev–Trinajstić information content (AvgIpc) is 3.42. The van der Waals surface area contributed by atoms with Crippen LogP contribution < -0.4 is 25.0 Å². The smallest absolute Gasteiger partial charge is 0.323 e. The Bertz CT molecular complexity index is 1570. The van der Waals surface area contributed by atoms with Gasteiger partial charge in [0.1, 0.15) is 20.4 Å². The predicted octanol–water partition coefficient (Wildman–Crippen LogP) is 1.15. The lowest BCUT2D eigenvalue weighted by Crippen LogP contribution is -2.35. The van der Waals surface area contributed by atoms with Gasteiger partial charge in [0.15, 0.2) is 0 Å². The number of rotatable bonds is 8. The zero-order valence-corrected chi connectivity index (χ0v) is 22.5. The van der Waals surface area contributed by atoms with Crippen LogP contribution in [0.5, 0.6) is 0 Å². The standard InChI is InChI=1S/C21H19N3O7S5/c25-16(26)11-24-19(28)14(34-20(24)17-18(27)22-21(32)35-17)7-8-15-23(9-3-4-10-36(29,30)31)12-5-1-2-6-13(12)33-15/h1-2,5-8H,3-4,9-11H2,(H,25,26)(H,22,27,32)(H,29,30,31)/b14-7+,15-8+,20-17+. The lowest BCUT2D eigenvalue weighted by molar-refractivity contribution is -0.137. The number of hydrogen-bond acceptors (Lipinski definition) is 10. The Morgan fingerprint density at radius 3 is 2.56 bits per heavy atom. The molecule has 0 radical (unpaired) electrons. The van der Waals surface area contributed by atoms with Gasteiger partial charge < -0.3 is 15.3 Å². The number of carboxylic acids is 1. The molecule has 15 heteroatoms. The topological polar surface area (TPSA) is 146 Å². The Hall–Kier alpha value is -2.43. The van der Waals surface area contributed by atoms with Crippen molar-refractivity contribution in [1.82, 2.24) is 9.88 Å². The Morgan fingerprint density at radius 1 is 1.14 bits per heavy atom. The van der Waals surface area contributed by atoms with Crippen molar-refractivity contribution in [3.05, 3.63) is 54.9 Å². The first-order valence-electron chi connectivity index (χ1n) is 10.4. The molecule has 1 fully saturated rings. The van der Waals surface area contributed by atoms with Gasteiger partial charge in [-0.05, 0) is 37.1 Å². The summed E-state index contributed by atoms with van der Waals surface area (Å²) >= 11 is 8.49. The van der Waals surface area contributed by atoms with Gasteiger partial charge >= 0.3 is 5.97 Å². The second kappa shape index (κ2) is 10.9. The molecule has 0 spiro atoms. The number of aliphatic carboxylic acids is 1. The Morgan fingerprint density at radius 2 is 1.89 bits per heavy atom. The number of hydrogen-bond donors (Lipinski definition) is 3. The third-order valence-electron chi connectivity index (χ3n) is 5.06. The maximum Gasteiger partial charge on any atom is 0.323 e. The van der Waals surface area contributed by atoms with E-state index < -0.39 is 34.1 Å². The highest BCUT2D eigenvalue weighted by Crippen LogP contribution is 2.45. The lowest BCUT2D eigenvalue weighted by atomic mass is 10.2. The van der Waals surface area contributed by atoms with E-state index in [9.17, 15) is 27.9 Å². The summed E-state index contributed by atoms with van der Waals surface area (Å²) in [5.74, 6) is -2.02. The quantitative estimate of drug-likeness (QED) is 0.233. The van der Waals surface area contributed by atoms with Crippen LogP contribution >= 0.6 is 47.1 Å². The molecule has 0 atom stereocenters. The van der Waals surface area contributed by atoms with E-state index >= 15 is 0 Å². The minimum Gasteiger partial charge on any atom is -0.480 e. The summed E-state index contributed by atoms with van der Waals surface area (Å²) in [6.07, 6.45) is 4.12. The van der Waals surface area contributed by atoms with Gasteiger partial charge in [0.2, 0.25) is 0 Å². The molecule has 3 heterocycles. The molecule has 4 rings (SSSR count). The molecule has 10 nitrogen and oxygen atoms in total. The van der Waals surface area contributed by atoms with Crippen LogP contribution in [0.4, 0.5) is 5.69 Å². The van der Waals surface area contributed by atoms with E-state index in [1.807, 2.05) is 29.2 Å². The number of carboxylic acid groups (broad SMARTS) is 1. The number of fused-ring (bicyclic) bond motifs is 1.